The highest BCUT2D eigenvalue weighted by molar-refractivity contribution is 5.03. The monoisotopic (exact) mass is 359 g/mol. The Hall–Kier alpha value is -0.510. The first kappa shape index (κ1) is 21.8. The zero-order chi connectivity index (χ0) is 18.7. The van der Waals surface area contributed by atoms with Crippen LogP contribution >= 0.6 is 0 Å². The molecule has 0 spiro atoms. The second kappa shape index (κ2) is 12.0. The Bertz CT molecular complexity index is 401. The van der Waals surface area contributed by atoms with E-state index in [1.807, 2.05) is 0 Å². The SMILES string of the molecule is CCCCCCCC1(C#N)CCCC([C@H]2CC[C@H](CCCCC)CC2)C1. The molecular weight excluding hydrogens is 314 g/mol. The van der Waals surface area contributed by atoms with Gasteiger partial charge in [-0.2, -0.15) is 5.26 Å². The van der Waals surface area contributed by atoms with Crippen molar-refractivity contribution < 1.29 is 0 Å². The smallest absolute Gasteiger partial charge is 0.0689 e. The number of unbranched alkanes of at least 4 members (excludes halogenated alkanes) is 6. The molecule has 0 amide bonds. The van der Waals surface area contributed by atoms with Crippen LogP contribution in [0.25, 0.3) is 0 Å². The summed E-state index contributed by atoms with van der Waals surface area (Å²) in [4.78, 5) is 0. The minimum Gasteiger partial charge on any atom is -0.198 e. The van der Waals surface area contributed by atoms with Crippen LogP contribution in [0.1, 0.15) is 129 Å². The molecule has 150 valence electrons. The number of hydrogen-bond acceptors (Lipinski definition) is 1. The molecular formula is C25H45N. The number of rotatable bonds is 11. The highest BCUT2D eigenvalue weighted by Gasteiger charge is 2.39. The van der Waals surface area contributed by atoms with E-state index in [0.29, 0.717) is 0 Å². The zero-order valence-corrected chi connectivity index (χ0v) is 17.9. The number of hydrogen-bond donors (Lipinski definition) is 0. The van der Waals surface area contributed by atoms with Crippen LogP contribution in [0.4, 0.5) is 0 Å². The van der Waals surface area contributed by atoms with Crippen LogP contribution in [0.15, 0.2) is 0 Å². The third-order valence-corrected chi connectivity index (χ3v) is 7.65. The Balaban J connectivity index is 1.75. The molecule has 1 nitrogen and oxygen atoms in total. The summed E-state index contributed by atoms with van der Waals surface area (Å²) in [5, 5.41) is 9.97. The van der Waals surface area contributed by atoms with Gasteiger partial charge in [0, 0.05) is 0 Å². The Labute approximate surface area is 164 Å². The topological polar surface area (TPSA) is 23.8 Å². The molecule has 26 heavy (non-hydrogen) atoms. The molecule has 0 heterocycles. The summed E-state index contributed by atoms with van der Waals surface area (Å²) < 4.78 is 0. The molecule has 2 saturated carbocycles. The van der Waals surface area contributed by atoms with Crippen LogP contribution in [0.5, 0.6) is 0 Å². The molecule has 0 radical (unpaired) electrons. The fraction of sp³-hybridized carbons (Fsp3) is 0.960. The molecule has 0 N–H and O–H groups in total. The summed E-state index contributed by atoms with van der Waals surface area (Å²) >= 11 is 0. The molecule has 0 saturated heterocycles. The molecule has 0 aliphatic heterocycles. The van der Waals surface area contributed by atoms with Crippen molar-refractivity contribution in [2.75, 3.05) is 0 Å². The first-order valence-electron chi connectivity index (χ1n) is 12.1. The quantitative estimate of drug-likeness (QED) is 0.339. The third-order valence-electron chi connectivity index (χ3n) is 7.65. The minimum absolute atomic E-state index is 0.0348. The summed E-state index contributed by atoms with van der Waals surface area (Å²) in [6, 6.07) is 2.82. The molecule has 2 fully saturated rings. The molecule has 0 aromatic carbocycles. The van der Waals surface area contributed by atoms with Gasteiger partial charge in [-0.05, 0) is 49.9 Å². The van der Waals surface area contributed by atoms with Crippen molar-refractivity contribution in [3.8, 4) is 6.07 Å². The standard InChI is InChI=1S/C25H45N/c1-3-5-7-8-10-18-25(21-26)19-11-13-24(20-25)23-16-14-22(15-17-23)12-9-6-4-2/h22-24H,3-20H2,1-2H3/t22-,23-,24?,25?. The van der Waals surface area contributed by atoms with Gasteiger partial charge in [-0.15, -0.1) is 0 Å². The van der Waals surface area contributed by atoms with Crippen LogP contribution in [-0.4, -0.2) is 0 Å². The van der Waals surface area contributed by atoms with Crippen molar-refractivity contribution in [3.05, 3.63) is 0 Å². The van der Waals surface area contributed by atoms with Gasteiger partial charge in [-0.25, -0.2) is 0 Å². The van der Waals surface area contributed by atoms with Gasteiger partial charge >= 0.3 is 0 Å². The molecule has 1 heteroatoms. The maximum Gasteiger partial charge on any atom is 0.0689 e. The second-order valence-electron chi connectivity index (χ2n) is 9.69. The van der Waals surface area contributed by atoms with E-state index >= 15 is 0 Å². The van der Waals surface area contributed by atoms with Crippen molar-refractivity contribution >= 4 is 0 Å². The van der Waals surface area contributed by atoms with Crippen LogP contribution in [0.2, 0.25) is 0 Å². The van der Waals surface area contributed by atoms with Crippen molar-refractivity contribution in [2.45, 2.75) is 129 Å². The van der Waals surface area contributed by atoms with Crippen molar-refractivity contribution in [1.29, 1.82) is 5.26 Å². The Morgan fingerprint density at radius 1 is 0.808 bits per heavy atom. The predicted molar refractivity (Wildman–Crippen MR) is 113 cm³/mol. The Morgan fingerprint density at radius 2 is 1.50 bits per heavy atom. The van der Waals surface area contributed by atoms with E-state index in [1.54, 1.807) is 0 Å². The van der Waals surface area contributed by atoms with Gasteiger partial charge < -0.3 is 0 Å². The Morgan fingerprint density at radius 3 is 2.19 bits per heavy atom. The summed E-state index contributed by atoms with van der Waals surface area (Å²) in [6.07, 6.45) is 24.5. The molecule has 2 aliphatic carbocycles. The van der Waals surface area contributed by atoms with E-state index in [1.165, 1.54) is 116 Å². The van der Waals surface area contributed by atoms with Gasteiger partial charge in [0.05, 0.1) is 11.5 Å². The Kier molecular flexibility index (Phi) is 10.1. The number of nitrogens with zero attached hydrogens (tertiary/aromatic N) is 1. The van der Waals surface area contributed by atoms with Gasteiger partial charge in [-0.1, -0.05) is 97.3 Å². The molecule has 2 atom stereocenters. The lowest BCUT2D eigenvalue weighted by atomic mass is 9.62. The van der Waals surface area contributed by atoms with Crippen LogP contribution < -0.4 is 0 Å². The first-order chi connectivity index (χ1) is 12.7. The van der Waals surface area contributed by atoms with Crippen LogP contribution in [0.3, 0.4) is 0 Å². The summed E-state index contributed by atoms with van der Waals surface area (Å²) in [6.45, 7) is 4.59. The highest BCUT2D eigenvalue weighted by Crippen LogP contribution is 2.48. The van der Waals surface area contributed by atoms with E-state index in [-0.39, 0.29) is 5.41 Å². The van der Waals surface area contributed by atoms with Gasteiger partial charge in [0.15, 0.2) is 0 Å². The highest BCUT2D eigenvalue weighted by atomic mass is 14.5. The van der Waals surface area contributed by atoms with Crippen molar-refractivity contribution in [3.63, 3.8) is 0 Å². The second-order valence-corrected chi connectivity index (χ2v) is 9.69. The largest absolute Gasteiger partial charge is 0.198 e. The van der Waals surface area contributed by atoms with Crippen LogP contribution in [-0.2, 0) is 0 Å². The van der Waals surface area contributed by atoms with E-state index < -0.39 is 0 Å². The van der Waals surface area contributed by atoms with E-state index in [0.717, 1.165) is 17.8 Å². The lowest BCUT2D eigenvalue weighted by Gasteiger charge is -2.42. The normalized spacial score (nSPS) is 32.3. The molecule has 0 aromatic heterocycles. The average molecular weight is 360 g/mol. The molecule has 0 bridgehead atoms. The maximum absolute atomic E-state index is 9.97. The van der Waals surface area contributed by atoms with Gasteiger partial charge in [0.25, 0.3) is 0 Å². The maximum atomic E-state index is 9.97. The molecule has 2 unspecified atom stereocenters. The van der Waals surface area contributed by atoms with Gasteiger partial charge in [0.2, 0.25) is 0 Å². The fourth-order valence-electron chi connectivity index (χ4n) is 5.89. The molecule has 0 aromatic rings. The molecule has 2 rings (SSSR count). The van der Waals surface area contributed by atoms with Crippen molar-refractivity contribution in [1.82, 2.24) is 0 Å². The summed E-state index contributed by atoms with van der Waals surface area (Å²) in [5.74, 6) is 2.81. The lowest BCUT2D eigenvalue weighted by Crippen LogP contribution is -2.32. The van der Waals surface area contributed by atoms with E-state index in [4.69, 9.17) is 0 Å². The van der Waals surface area contributed by atoms with E-state index in [9.17, 15) is 5.26 Å². The van der Waals surface area contributed by atoms with Crippen LogP contribution in [0, 0.1) is 34.5 Å². The summed E-state index contributed by atoms with van der Waals surface area (Å²) in [7, 11) is 0. The average Bonchev–Trinajstić information content (AvgIpc) is 2.69. The summed E-state index contributed by atoms with van der Waals surface area (Å²) in [5.41, 5.74) is 0.0348. The predicted octanol–water partition coefficient (Wildman–Crippen LogP) is 8.43. The molecule has 2 aliphatic rings. The lowest BCUT2D eigenvalue weighted by molar-refractivity contribution is 0.102. The fourth-order valence-corrected chi connectivity index (χ4v) is 5.89. The third kappa shape index (κ3) is 6.90. The zero-order valence-electron chi connectivity index (χ0n) is 17.9. The first-order valence-corrected chi connectivity index (χ1v) is 12.1. The van der Waals surface area contributed by atoms with Gasteiger partial charge in [-0.3, -0.25) is 0 Å². The van der Waals surface area contributed by atoms with E-state index in [2.05, 4.69) is 19.9 Å². The number of nitriles is 1. The minimum atomic E-state index is 0.0348. The van der Waals surface area contributed by atoms with Gasteiger partial charge in [0.1, 0.15) is 0 Å². The van der Waals surface area contributed by atoms with Crippen molar-refractivity contribution in [2.24, 2.45) is 23.2 Å².